The van der Waals surface area contributed by atoms with Crippen molar-refractivity contribution in [2.24, 2.45) is 5.73 Å². The van der Waals surface area contributed by atoms with E-state index in [0.29, 0.717) is 5.56 Å². The van der Waals surface area contributed by atoms with Gasteiger partial charge in [-0.2, -0.15) is 0 Å². The van der Waals surface area contributed by atoms with Crippen LogP contribution in [0.5, 0.6) is 11.5 Å². The summed E-state index contributed by atoms with van der Waals surface area (Å²) in [5.41, 5.74) is 5.74. The standard InChI is InChI=1S/C24H19N3O5S/c25-23(26)17-6-3-7-19(12-17)32-22-11-9-18(14-21(22)24(28)29)27-33(30,31)20-10-8-15-4-1-2-5-16(15)13-20/h1-14,27H,(H3,25,26)(H,28,29). The number of fused-ring (bicyclic) bond motifs is 1. The first-order valence-corrected chi connectivity index (χ1v) is 11.2. The lowest BCUT2D eigenvalue weighted by Crippen LogP contribution is -2.13. The van der Waals surface area contributed by atoms with E-state index in [1.165, 1.54) is 30.3 Å². The maximum atomic E-state index is 12.9. The van der Waals surface area contributed by atoms with E-state index in [-0.39, 0.29) is 33.5 Å². The van der Waals surface area contributed by atoms with Crippen LogP contribution < -0.4 is 15.2 Å². The van der Waals surface area contributed by atoms with Gasteiger partial charge in [-0.15, -0.1) is 0 Å². The molecule has 0 heterocycles. The summed E-state index contributed by atoms with van der Waals surface area (Å²) in [7, 11) is -3.96. The fourth-order valence-electron chi connectivity index (χ4n) is 3.25. The van der Waals surface area contributed by atoms with E-state index in [9.17, 15) is 18.3 Å². The van der Waals surface area contributed by atoms with Gasteiger partial charge < -0.3 is 15.6 Å². The van der Waals surface area contributed by atoms with Crippen LogP contribution in [0.4, 0.5) is 5.69 Å². The predicted molar refractivity (Wildman–Crippen MR) is 126 cm³/mol. The zero-order valence-corrected chi connectivity index (χ0v) is 18.0. The summed E-state index contributed by atoms with van der Waals surface area (Å²) in [5.74, 6) is -1.15. The van der Waals surface area contributed by atoms with Gasteiger partial charge in [0.2, 0.25) is 0 Å². The molecule has 4 aromatic carbocycles. The highest BCUT2D eigenvalue weighted by Crippen LogP contribution is 2.30. The molecule has 0 fully saturated rings. The van der Waals surface area contributed by atoms with Crippen molar-refractivity contribution >= 4 is 38.3 Å². The first-order chi connectivity index (χ1) is 15.7. The molecule has 4 aromatic rings. The Morgan fingerprint density at radius 3 is 2.39 bits per heavy atom. The molecule has 166 valence electrons. The summed E-state index contributed by atoms with van der Waals surface area (Å²) in [4.78, 5) is 11.9. The molecule has 0 spiro atoms. The van der Waals surface area contributed by atoms with Gasteiger partial charge in [0.15, 0.2) is 0 Å². The summed E-state index contributed by atoms with van der Waals surface area (Å²) in [6, 6.07) is 22.4. The van der Waals surface area contributed by atoms with E-state index < -0.39 is 16.0 Å². The number of hydrogen-bond donors (Lipinski definition) is 4. The number of rotatable bonds is 7. The number of hydrogen-bond acceptors (Lipinski definition) is 5. The number of nitrogens with one attached hydrogen (secondary N) is 2. The Bertz CT molecular complexity index is 1500. The van der Waals surface area contributed by atoms with Gasteiger partial charge in [0, 0.05) is 11.3 Å². The van der Waals surface area contributed by atoms with Crippen molar-refractivity contribution < 1.29 is 23.1 Å². The minimum absolute atomic E-state index is 0.0110. The molecule has 0 aliphatic rings. The van der Waals surface area contributed by atoms with E-state index in [1.54, 1.807) is 30.3 Å². The summed E-state index contributed by atoms with van der Waals surface area (Å²) >= 11 is 0. The van der Waals surface area contributed by atoms with Crippen LogP contribution >= 0.6 is 0 Å². The van der Waals surface area contributed by atoms with Crippen LogP contribution in [0.3, 0.4) is 0 Å². The molecule has 4 rings (SSSR count). The monoisotopic (exact) mass is 461 g/mol. The highest BCUT2D eigenvalue weighted by Gasteiger charge is 2.18. The molecule has 0 saturated carbocycles. The smallest absolute Gasteiger partial charge is 0.339 e. The molecule has 9 heteroatoms. The molecule has 8 nitrogen and oxygen atoms in total. The first kappa shape index (κ1) is 21.8. The summed E-state index contributed by atoms with van der Waals surface area (Å²) in [6.07, 6.45) is 0. The third-order valence-corrected chi connectivity index (χ3v) is 6.25. The molecule has 0 aliphatic heterocycles. The Kier molecular flexibility index (Phi) is 5.72. The number of sulfonamides is 1. The third kappa shape index (κ3) is 4.78. The number of carbonyl (C=O) groups is 1. The lowest BCUT2D eigenvalue weighted by molar-refractivity contribution is 0.0694. The van der Waals surface area contributed by atoms with Gasteiger partial charge in [-0.1, -0.05) is 42.5 Å². The molecule has 0 radical (unpaired) electrons. The van der Waals surface area contributed by atoms with Crippen molar-refractivity contribution in [3.05, 3.63) is 96.1 Å². The quantitative estimate of drug-likeness (QED) is 0.237. The number of aromatic carboxylic acids is 1. The van der Waals surface area contributed by atoms with Crippen LogP contribution in [0.15, 0.2) is 89.8 Å². The van der Waals surface area contributed by atoms with Gasteiger partial charge in [0.1, 0.15) is 22.9 Å². The van der Waals surface area contributed by atoms with Crippen LogP contribution in [0.2, 0.25) is 0 Å². The molecule has 0 atom stereocenters. The zero-order chi connectivity index (χ0) is 23.6. The lowest BCUT2D eigenvalue weighted by atomic mass is 10.1. The Labute approximate surface area is 189 Å². The summed E-state index contributed by atoms with van der Waals surface area (Å²) in [5, 5.41) is 18.8. The van der Waals surface area contributed by atoms with Crippen LogP contribution in [-0.2, 0) is 10.0 Å². The predicted octanol–water partition coefficient (Wildman–Crippen LogP) is 4.42. The second kappa shape index (κ2) is 8.64. The largest absolute Gasteiger partial charge is 0.478 e. The van der Waals surface area contributed by atoms with Gasteiger partial charge in [-0.3, -0.25) is 10.1 Å². The number of anilines is 1. The van der Waals surface area contributed by atoms with Gasteiger partial charge in [-0.05, 0) is 53.2 Å². The topological polar surface area (TPSA) is 143 Å². The van der Waals surface area contributed by atoms with E-state index in [2.05, 4.69) is 4.72 Å². The Morgan fingerprint density at radius 1 is 0.909 bits per heavy atom. The number of ether oxygens (including phenoxy) is 1. The van der Waals surface area contributed by atoms with Crippen molar-refractivity contribution in [2.45, 2.75) is 4.90 Å². The molecule has 0 bridgehead atoms. The minimum atomic E-state index is -3.96. The van der Waals surface area contributed by atoms with Crippen LogP contribution in [0.1, 0.15) is 15.9 Å². The molecule has 33 heavy (non-hydrogen) atoms. The first-order valence-electron chi connectivity index (χ1n) is 9.74. The summed E-state index contributed by atoms with van der Waals surface area (Å²) < 4.78 is 33.9. The molecule has 5 N–H and O–H groups in total. The van der Waals surface area contributed by atoms with Gasteiger partial charge in [-0.25, -0.2) is 13.2 Å². The number of carboxylic acids is 1. The zero-order valence-electron chi connectivity index (χ0n) is 17.1. The van der Waals surface area contributed by atoms with Crippen molar-refractivity contribution in [3.8, 4) is 11.5 Å². The average molecular weight is 461 g/mol. The average Bonchev–Trinajstić information content (AvgIpc) is 2.79. The van der Waals surface area contributed by atoms with Crippen molar-refractivity contribution in [1.29, 1.82) is 5.41 Å². The van der Waals surface area contributed by atoms with Crippen LogP contribution in [0, 0.1) is 5.41 Å². The van der Waals surface area contributed by atoms with E-state index >= 15 is 0 Å². The maximum absolute atomic E-state index is 12.9. The number of nitrogens with two attached hydrogens (primary N) is 1. The number of nitrogen functional groups attached to an aromatic ring is 1. The number of carboxylic acid groups (broad SMARTS) is 1. The Hall–Kier alpha value is -4.37. The van der Waals surface area contributed by atoms with Crippen molar-refractivity contribution in [3.63, 3.8) is 0 Å². The second-order valence-corrected chi connectivity index (χ2v) is 8.86. The third-order valence-electron chi connectivity index (χ3n) is 4.87. The molecular weight excluding hydrogens is 442 g/mol. The van der Waals surface area contributed by atoms with E-state index in [0.717, 1.165) is 10.8 Å². The molecule has 0 amide bonds. The fraction of sp³-hybridized carbons (Fsp3) is 0. The van der Waals surface area contributed by atoms with Crippen molar-refractivity contribution in [1.82, 2.24) is 0 Å². The molecule has 0 aromatic heterocycles. The van der Waals surface area contributed by atoms with Crippen LogP contribution in [-0.4, -0.2) is 25.3 Å². The van der Waals surface area contributed by atoms with E-state index in [1.807, 2.05) is 24.3 Å². The summed E-state index contributed by atoms with van der Waals surface area (Å²) in [6.45, 7) is 0. The highest BCUT2D eigenvalue weighted by atomic mass is 32.2. The second-order valence-electron chi connectivity index (χ2n) is 7.17. The lowest BCUT2D eigenvalue weighted by Gasteiger charge is -2.13. The fourth-order valence-corrected chi connectivity index (χ4v) is 4.34. The molecular formula is C24H19N3O5S. The number of amidine groups is 1. The maximum Gasteiger partial charge on any atom is 0.339 e. The molecule has 0 unspecified atom stereocenters. The normalized spacial score (nSPS) is 11.2. The van der Waals surface area contributed by atoms with Crippen LogP contribution in [0.25, 0.3) is 10.8 Å². The molecule has 0 aliphatic carbocycles. The van der Waals surface area contributed by atoms with Gasteiger partial charge >= 0.3 is 5.97 Å². The molecule has 0 saturated heterocycles. The van der Waals surface area contributed by atoms with Crippen molar-refractivity contribution in [2.75, 3.05) is 4.72 Å². The highest BCUT2D eigenvalue weighted by molar-refractivity contribution is 7.92. The number of benzene rings is 4. The van der Waals surface area contributed by atoms with Gasteiger partial charge in [0.05, 0.1) is 4.90 Å². The SMILES string of the molecule is N=C(N)c1cccc(Oc2ccc(NS(=O)(=O)c3ccc4ccccc4c3)cc2C(=O)O)c1. The Morgan fingerprint density at radius 2 is 1.67 bits per heavy atom. The van der Waals surface area contributed by atoms with Gasteiger partial charge in [0.25, 0.3) is 10.0 Å². The Balaban J connectivity index is 1.63. The minimum Gasteiger partial charge on any atom is -0.478 e. The van der Waals surface area contributed by atoms with E-state index in [4.69, 9.17) is 15.9 Å².